The highest BCUT2D eigenvalue weighted by molar-refractivity contribution is 6.70. The highest BCUT2D eigenvalue weighted by Crippen LogP contribution is 2.29. The van der Waals surface area contributed by atoms with E-state index in [-0.39, 0.29) is 0 Å². The molecule has 2 rings (SSSR count). The van der Waals surface area contributed by atoms with Crippen LogP contribution in [0.3, 0.4) is 0 Å². The van der Waals surface area contributed by atoms with Crippen molar-refractivity contribution in [1.82, 2.24) is 9.78 Å². The topological polar surface area (TPSA) is 39.4 Å². The maximum atomic E-state index is 6.09. The Morgan fingerprint density at radius 2 is 1.90 bits per heavy atom. The van der Waals surface area contributed by atoms with Gasteiger partial charge in [-0.25, -0.2) is 4.99 Å². The predicted molar refractivity (Wildman–Crippen MR) is 85.5 cm³/mol. The summed E-state index contributed by atoms with van der Waals surface area (Å²) in [5, 5.41) is 4.17. The fourth-order valence-corrected chi connectivity index (χ4v) is 2.76. The van der Waals surface area contributed by atoms with Gasteiger partial charge < -0.3 is 4.43 Å². The maximum Gasteiger partial charge on any atom is 0.242 e. The van der Waals surface area contributed by atoms with Crippen LogP contribution in [0.2, 0.25) is 19.6 Å². The Balaban J connectivity index is 2.36. The molecule has 0 N–H and O–H groups in total. The van der Waals surface area contributed by atoms with Gasteiger partial charge in [-0.15, -0.1) is 0 Å². The first-order valence-corrected chi connectivity index (χ1v) is 10.1. The number of aryl methyl sites for hydroxylation is 1. The minimum Gasteiger partial charge on any atom is -0.543 e. The van der Waals surface area contributed by atoms with Crippen LogP contribution < -0.4 is 4.43 Å². The number of para-hydroxylation sites is 2. The molecule has 1 aromatic heterocycles. The van der Waals surface area contributed by atoms with Crippen LogP contribution >= 0.6 is 0 Å². The second-order valence-electron chi connectivity index (χ2n) is 5.72. The molecule has 2 aromatic rings. The molecule has 1 heterocycles. The molecule has 1 aromatic carbocycles. The van der Waals surface area contributed by atoms with Crippen molar-refractivity contribution < 1.29 is 4.43 Å². The van der Waals surface area contributed by atoms with E-state index in [2.05, 4.69) is 24.7 Å². The summed E-state index contributed by atoms with van der Waals surface area (Å²) in [7, 11) is 0.271. The Bertz CT molecular complexity index is 626. The molecule has 5 heteroatoms. The van der Waals surface area contributed by atoms with Crippen LogP contribution in [0.1, 0.15) is 12.6 Å². The van der Waals surface area contributed by atoms with Crippen molar-refractivity contribution in [3.05, 3.63) is 42.2 Å². The zero-order valence-corrected chi connectivity index (χ0v) is 13.7. The molecule has 0 amide bonds. The Morgan fingerprint density at radius 3 is 2.50 bits per heavy atom. The SMILES string of the molecule is CC(=Nc1ccccc1O[Si](C)(C)C)c1ccnn1C. The van der Waals surface area contributed by atoms with E-state index < -0.39 is 8.32 Å². The van der Waals surface area contributed by atoms with Gasteiger partial charge in [-0.2, -0.15) is 5.10 Å². The zero-order chi connectivity index (χ0) is 14.8. The molecule has 0 aliphatic carbocycles. The number of hydrogen-bond donors (Lipinski definition) is 0. The van der Waals surface area contributed by atoms with Gasteiger partial charge in [0.2, 0.25) is 8.32 Å². The molecule has 0 atom stereocenters. The average Bonchev–Trinajstić information content (AvgIpc) is 2.76. The number of benzene rings is 1. The zero-order valence-electron chi connectivity index (χ0n) is 12.7. The Morgan fingerprint density at radius 1 is 1.20 bits per heavy atom. The first-order chi connectivity index (χ1) is 9.37. The molecule has 106 valence electrons. The molecular weight excluding hydrogens is 266 g/mol. The van der Waals surface area contributed by atoms with E-state index in [1.165, 1.54) is 0 Å². The van der Waals surface area contributed by atoms with E-state index in [4.69, 9.17) is 9.42 Å². The monoisotopic (exact) mass is 287 g/mol. The third-order valence-corrected chi connectivity index (χ3v) is 3.59. The molecule has 0 saturated heterocycles. The van der Waals surface area contributed by atoms with Gasteiger partial charge in [0.25, 0.3) is 0 Å². The highest BCUT2D eigenvalue weighted by Gasteiger charge is 2.18. The molecule has 0 aliphatic rings. The third kappa shape index (κ3) is 3.57. The van der Waals surface area contributed by atoms with Gasteiger partial charge in [-0.05, 0) is 44.8 Å². The van der Waals surface area contributed by atoms with Crippen LogP contribution in [0, 0.1) is 0 Å². The summed E-state index contributed by atoms with van der Waals surface area (Å²) in [4.78, 5) is 4.70. The highest BCUT2D eigenvalue weighted by atomic mass is 28.4. The van der Waals surface area contributed by atoms with Crippen molar-refractivity contribution in [2.75, 3.05) is 0 Å². The van der Waals surface area contributed by atoms with E-state index in [0.717, 1.165) is 22.8 Å². The smallest absolute Gasteiger partial charge is 0.242 e. The normalized spacial score (nSPS) is 12.6. The summed E-state index contributed by atoms with van der Waals surface area (Å²) in [5.41, 5.74) is 2.80. The lowest BCUT2D eigenvalue weighted by Gasteiger charge is -2.20. The van der Waals surface area contributed by atoms with Crippen molar-refractivity contribution in [2.24, 2.45) is 12.0 Å². The molecule has 0 spiro atoms. The fraction of sp³-hybridized carbons (Fsp3) is 0.333. The minimum absolute atomic E-state index is 0.855. The molecule has 0 radical (unpaired) electrons. The second-order valence-corrected chi connectivity index (χ2v) is 10.1. The van der Waals surface area contributed by atoms with Gasteiger partial charge in [-0.1, -0.05) is 12.1 Å². The molecule has 0 saturated carbocycles. The van der Waals surface area contributed by atoms with Crippen molar-refractivity contribution in [1.29, 1.82) is 0 Å². The molecule has 4 nitrogen and oxygen atoms in total. The summed E-state index contributed by atoms with van der Waals surface area (Å²) in [5.74, 6) is 0.855. The Kier molecular flexibility index (Phi) is 4.08. The predicted octanol–water partition coefficient (Wildman–Crippen LogP) is 3.77. The van der Waals surface area contributed by atoms with E-state index in [1.807, 2.05) is 49.0 Å². The van der Waals surface area contributed by atoms with Crippen LogP contribution in [0.15, 0.2) is 41.5 Å². The van der Waals surface area contributed by atoms with Gasteiger partial charge in [0.1, 0.15) is 11.4 Å². The molecule has 0 bridgehead atoms. The fourth-order valence-electron chi connectivity index (χ4n) is 1.93. The molecule has 0 fully saturated rings. The van der Waals surface area contributed by atoms with Crippen LogP contribution in [-0.4, -0.2) is 23.8 Å². The van der Waals surface area contributed by atoms with Crippen molar-refractivity contribution in [2.45, 2.75) is 26.6 Å². The van der Waals surface area contributed by atoms with Crippen molar-refractivity contribution in [3.8, 4) is 5.75 Å². The lowest BCUT2D eigenvalue weighted by molar-refractivity contribution is 0.559. The van der Waals surface area contributed by atoms with Crippen LogP contribution in [0.4, 0.5) is 5.69 Å². The van der Waals surface area contributed by atoms with E-state index >= 15 is 0 Å². The Hall–Kier alpha value is -1.88. The molecular formula is C15H21N3OSi. The van der Waals surface area contributed by atoms with Gasteiger partial charge in [0, 0.05) is 13.2 Å². The average molecular weight is 287 g/mol. The number of hydrogen-bond acceptors (Lipinski definition) is 3. The van der Waals surface area contributed by atoms with Crippen LogP contribution in [0.25, 0.3) is 0 Å². The lowest BCUT2D eigenvalue weighted by Crippen LogP contribution is -2.29. The van der Waals surface area contributed by atoms with Crippen LogP contribution in [0.5, 0.6) is 5.75 Å². The maximum absolute atomic E-state index is 6.09. The minimum atomic E-state index is -1.64. The number of aliphatic imine (C=N–C) groups is 1. The van der Waals surface area contributed by atoms with Gasteiger partial charge in [-0.3, -0.25) is 4.68 Å². The summed E-state index contributed by atoms with van der Waals surface area (Å²) >= 11 is 0. The van der Waals surface area contributed by atoms with Gasteiger partial charge in [0.15, 0.2) is 0 Å². The first-order valence-electron chi connectivity index (χ1n) is 6.68. The van der Waals surface area contributed by atoms with E-state index in [0.29, 0.717) is 0 Å². The van der Waals surface area contributed by atoms with Crippen molar-refractivity contribution in [3.63, 3.8) is 0 Å². The first kappa shape index (κ1) is 14.5. The van der Waals surface area contributed by atoms with E-state index in [9.17, 15) is 0 Å². The van der Waals surface area contributed by atoms with Gasteiger partial charge in [0.05, 0.1) is 11.4 Å². The van der Waals surface area contributed by atoms with Gasteiger partial charge >= 0.3 is 0 Å². The van der Waals surface area contributed by atoms with Crippen molar-refractivity contribution >= 4 is 19.7 Å². The summed E-state index contributed by atoms with van der Waals surface area (Å²) in [6.45, 7) is 8.49. The molecule has 20 heavy (non-hydrogen) atoms. The third-order valence-electron chi connectivity index (χ3n) is 2.76. The lowest BCUT2D eigenvalue weighted by atomic mass is 10.2. The molecule has 0 aliphatic heterocycles. The largest absolute Gasteiger partial charge is 0.543 e. The number of nitrogens with zero attached hydrogens (tertiary/aromatic N) is 3. The van der Waals surface area contributed by atoms with E-state index in [1.54, 1.807) is 6.20 Å². The standard InChI is InChI=1S/C15H21N3OSi/c1-12(14-10-11-16-18(14)2)17-13-8-6-7-9-15(13)19-20(3,4)5/h6-11H,1-5H3. The number of rotatable bonds is 4. The summed E-state index contributed by atoms with van der Waals surface area (Å²) in [6, 6.07) is 9.88. The quantitative estimate of drug-likeness (QED) is 0.634. The second kappa shape index (κ2) is 5.62. The summed E-state index contributed by atoms with van der Waals surface area (Å²) in [6.07, 6.45) is 1.78. The Labute approximate surface area is 121 Å². The van der Waals surface area contributed by atoms with Crippen LogP contribution in [-0.2, 0) is 7.05 Å². The summed E-state index contributed by atoms with van der Waals surface area (Å²) < 4.78 is 7.91. The number of aromatic nitrogens is 2. The molecule has 0 unspecified atom stereocenters.